The zero-order valence-corrected chi connectivity index (χ0v) is 38.4. The van der Waals surface area contributed by atoms with Crippen molar-refractivity contribution in [2.24, 2.45) is 0 Å². The third kappa shape index (κ3) is 11.9. The second-order valence-electron chi connectivity index (χ2n) is 17.0. The van der Waals surface area contributed by atoms with Gasteiger partial charge in [-0.3, -0.25) is 30.5 Å². The summed E-state index contributed by atoms with van der Waals surface area (Å²) in [4.78, 5) is 20.0. The first-order valence-electron chi connectivity index (χ1n) is 22.9. The Kier molecular flexibility index (Phi) is 15.8. The molecule has 8 aromatic rings. The van der Waals surface area contributed by atoms with Crippen molar-refractivity contribution < 1.29 is 22.4 Å². The summed E-state index contributed by atoms with van der Waals surface area (Å²) in [5.74, 6) is -2.18. The molecule has 0 spiro atoms. The number of carbonyl (C=O) groups is 1. The Bertz CT molecular complexity index is 3080. The molecule has 2 atom stereocenters. The molecule has 4 aromatic carbocycles. The molecule has 15 nitrogen and oxygen atoms in total. The van der Waals surface area contributed by atoms with Crippen LogP contribution in [0, 0.1) is 34.1 Å². The summed E-state index contributed by atoms with van der Waals surface area (Å²) in [7, 11) is 0. The molecule has 19 heteroatoms. The number of piperidine rings is 2. The van der Waals surface area contributed by atoms with Gasteiger partial charge in [0.1, 0.15) is 23.3 Å². The van der Waals surface area contributed by atoms with Gasteiger partial charge >= 0.3 is 0 Å². The van der Waals surface area contributed by atoms with E-state index >= 15 is 0 Å². The van der Waals surface area contributed by atoms with Crippen LogP contribution in [0.15, 0.2) is 134 Å². The molecule has 0 bridgehead atoms. The van der Waals surface area contributed by atoms with Gasteiger partial charge in [-0.15, -0.1) is 10.2 Å². The second-order valence-corrected chi connectivity index (χ2v) is 17.0. The van der Waals surface area contributed by atoms with Crippen LogP contribution in [0.5, 0.6) is 0 Å². The quantitative estimate of drug-likeness (QED) is 0.0360. The molecule has 0 saturated carbocycles. The molecule has 6 heterocycles. The summed E-state index contributed by atoms with van der Waals surface area (Å²) >= 11 is 0. The van der Waals surface area contributed by atoms with E-state index in [0.717, 1.165) is 91.3 Å². The lowest BCUT2D eigenvalue weighted by molar-refractivity contribution is 0.111. The molecule has 2 aliphatic heterocycles. The SMILES string of the molecule is N=C(c1ccncc1)c1cc(-n2cc([C@@H]3CCCN(Cc4c(F)cccc4F)C3)nn2)ccc1N.N=C(c1ccncc1)c1cc(-n2cc([C@@H]3CCCNC3)nn2)ccc1N.O=Cc1c(F)cccc1F. The number of rotatable bonds is 11. The van der Waals surface area contributed by atoms with E-state index in [1.165, 1.54) is 24.3 Å². The molecule has 0 unspecified atom stereocenters. The number of aromatic nitrogens is 8. The van der Waals surface area contributed by atoms with Crippen LogP contribution in [-0.4, -0.2) is 88.7 Å². The fourth-order valence-electron chi connectivity index (χ4n) is 8.41. The molecule has 2 aliphatic rings. The van der Waals surface area contributed by atoms with Crippen LogP contribution in [0.2, 0.25) is 0 Å². The average Bonchev–Trinajstić information content (AvgIpc) is 4.11. The van der Waals surface area contributed by atoms with Crippen molar-refractivity contribution in [1.82, 2.24) is 50.2 Å². The number of nitrogens with zero attached hydrogens (tertiary/aromatic N) is 9. The zero-order chi connectivity index (χ0) is 49.9. The fraction of sp³-hybridized carbons (Fsp3) is 0.212. The largest absolute Gasteiger partial charge is 0.398 e. The van der Waals surface area contributed by atoms with Crippen molar-refractivity contribution >= 4 is 29.1 Å². The maximum absolute atomic E-state index is 14.1. The smallest absolute Gasteiger partial charge is 0.155 e. The molecule has 10 rings (SSSR count). The Labute approximate surface area is 406 Å². The Hall–Kier alpha value is -8.29. The molecule has 0 amide bonds. The Balaban J connectivity index is 0.000000164. The van der Waals surface area contributed by atoms with Crippen molar-refractivity contribution in [1.29, 1.82) is 10.8 Å². The maximum atomic E-state index is 14.1. The van der Waals surface area contributed by atoms with Gasteiger partial charge in [-0.25, -0.2) is 26.9 Å². The lowest BCUT2D eigenvalue weighted by Crippen LogP contribution is -2.34. The minimum Gasteiger partial charge on any atom is -0.398 e. The monoisotopic (exact) mass is 962 g/mol. The molecular weight excluding hydrogens is 913 g/mol. The van der Waals surface area contributed by atoms with Crippen molar-refractivity contribution in [2.45, 2.75) is 44.1 Å². The highest BCUT2D eigenvalue weighted by Gasteiger charge is 2.26. The molecule has 4 aromatic heterocycles. The van der Waals surface area contributed by atoms with Crippen LogP contribution in [0.3, 0.4) is 0 Å². The summed E-state index contributed by atoms with van der Waals surface area (Å²) in [5.41, 5.74) is 19.8. The molecule has 0 aliphatic carbocycles. The number of benzene rings is 4. The van der Waals surface area contributed by atoms with Crippen LogP contribution >= 0.6 is 0 Å². The number of likely N-dealkylation sites (tertiary alicyclic amines) is 1. The highest BCUT2D eigenvalue weighted by atomic mass is 19.1. The van der Waals surface area contributed by atoms with Gasteiger partial charge in [0, 0.05) is 95.4 Å². The summed E-state index contributed by atoms with van der Waals surface area (Å²) < 4.78 is 56.4. The molecule has 362 valence electrons. The van der Waals surface area contributed by atoms with Crippen molar-refractivity contribution in [3.05, 3.63) is 202 Å². The van der Waals surface area contributed by atoms with Crippen LogP contribution in [0.25, 0.3) is 11.4 Å². The lowest BCUT2D eigenvalue weighted by atomic mass is 9.95. The average molecular weight is 963 g/mol. The standard InChI is InChI=1S/C26H25F2N7.C19H21N7.C7H4F2O/c27-22-4-1-5-23(28)21(22)15-34-12-2-3-18(14-34)25-16-35(33-32-25)19-6-7-24(29)20(13-19)26(30)17-8-10-31-11-9-17;20-17-4-3-15(10-16(17)19(21)13-5-8-22-9-6-13)26-12-18(24-25-26)14-2-1-7-23-11-14;8-6-2-1-3-7(9)5(6)4-10/h1,4-11,13,16,18,30H,2-3,12,14-15,29H2;3-6,8-10,12,14,21,23H,1-2,7,11,20H2;1-4H/t18-;14-;/m11./s1. The molecular formula is C52H50F4N14O. The molecule has 7 N–H and O–H groups in total. The number of carbonyl (C=O) groups excluding carboxylic acids is 1. The van der Waals surface area contributed by atoms with Gasteiger partial charge in [0.2, 0.25) is 0 Å². The molecule has 0 radical (unpaired) electrons. The van der Waals surface area contributed by atoms with E-state index in [1.807, 2.05) is 42.7 Å². The number of anilines is 2. The van der Waals surface area contributed by atoms with Crippen molar-refractivity contribution in [2.75, 3.05) is 37.6 Å². The fourth-order valence-corrected chi connectivity index (χ4v) is 8.41. The molecule has 71 heavy (non-hydrogen) atoms. The molecule has 2 saturated heterocycles. The summed E-state index contributed by atoms with van der Waals surface area (Å²) in [5, 5.41) is 37.8. The predicted octanol–water partition coefficient (Wildman–Crippen LogP) is 8.22. The minimum atomic E-state index is -0.824. The van der Waals surface area contributed by atoms with Gasteiger partial charge in [0.25, 0.3) is 0 Å². The predicted molar refractivity (Wildman–Crippen MR) is 262 cm³/mol. The van der Waals surface area contributed by atoms with Gasteiger partial charge < -0.3 is 16.8 Å². The first-order chi connectivity index (χ1) is 34.5. The highest BCUT2D eigenvalue weighted by Crippen LogP contribution is 2.29. The number of aldehydes is 1. The number of nitrogens with one attached hydrogen (secondary N) is 3. The van der Waals surface area contributed by atoms with E-state index in [9.17, 15) is 22.4 Å². The van der Waals surface area contributed by atoms with Gasteiger partial charge in [-0.2, -0.15) is 0 Å². The van der Waals surface area contributed by atoms with Crippen molar-refractivity contribution in [3.63, 3.8) is 0 Å². The third-order valence-electron chi connectivity index (χ3n) is 12.3. The first-order valence-corrected chi connectivity index (χ1v) is 22.9. The number of pyridine rings is 2. The molecule has 2 fully saturated rings. The zero-order valence-electron chi connectivity index (χ0n) is 38.4. The van der Waals surface area contributed by atoms with Gasteiger partial charge in [0.05, 0.1) is 52.1 Å². The number of halogens is 4. The Morgan fingerprint density at radius 1 is 0.662 bits per heavy atom. The van der Waals surface area contributed by atoms with E-state index in [0.29, 0.717) is 46.4 Å². The van der Waals surface area contributed by atoms with Crippen LogP contribution < -0.4 is 16.8 Å². The topological polar surface area (TPSA) is 219 Å². The van der Waals surface area contributed by atoms with E-state index in [4.69, 9.17) is 22.3 Å². The lowest BCUT2D eigenvalue weighted by Gasteiger charge is -2.31. The van der Waals surface area contributed by atoms with Crippen LogP contribution in [0.4, 0.5) is 28.9 Å². The first kappa shape index (κ1) is 49.1. The number of hydrogen-bond acceptors (Lipinski definition) is 13. The van der Waals surface area contributed by atoms with Gasteiger partial charge in [-0.1, -0.05) is 22.6 Å². The Morgan fingerprint density at radius 2 is 1.15 bits per heavy atom. The van der Waals surface area contributed by atoms with E-state index in [-0.39, 0.29) is 24.3 Å². The third-order valence-corrected chi connectivity index (χ3v) is 12.3. The summed E-state index contributed by atoms with van der Waals surface area (Å²) in [6.45, 7) is 3.66. The number of hydrogen-bond donors (Lipinski definition) is 5. The van der Waals surface area contributed by atoms with Gasteiger partial charge in [-0.05, 0) is 124 Å². The summed E-state index contributed by atoms with van der Waals surface area (Å²) in [6.07, 6.45) is 14.8. The summed E-state index contributed by atoms with van der Waals surface area (Å²) in [6, 6.07) is 25.4. The van der Waals surface area contributed by atoms with Gasteiger partial charge in [0.15, 0.2) is 6.29 Å². The van der Waals surface area contributed by atoms with Crippen LogP contribution in [-0.2, 0) is 6.54 Å². The second kappa shape index (κ2) is 22.9. The minimum absolute atomic E-state index is 0.0999. The normalized spacial score (nSPS) is 15.7. The Morgan fingerprint density at radius 3 is 1.63 bits per heavy atom. The van der Waals surface area contributed by atoms with E-state index in [2.05, 4.69) is 40.8 Å². The highest BCUT2D eigenvalue weighted by molar-refractivity contribution is 6.14. The van der Waals surface area contributed by atoms with E-state index < -0.39 is 28.8 Å². The van der Waals surface area contributed by atoms with E-state index in [1.54, 1.807) is 64.5 Å². The maximum Gasteiger partial charge on any atom is 0.155 e. The van der Waals surface area contributed by atoms with Crippen molar-refractivity contribution in [3.8, 4) is 11.4 Å². The number of nitrogens with two attached hydrogens (primary N) is 2. The van der Waals surface area contributed by atoms with Crippen LogP contribution in [0.1, 0.15) is 87.1 Å². The number of nitrogen functional groups attached to an aromatic ring is 2.